The van der Waals surface area contributed by atoms with Crippen LogP contribution in [0.2, 0.25) is 0 Å². The van der Waals surface area contributed by atoms with E-state index in [9.17, 15) is 18.0 Å². The molecule has 20 heavy (non-hydrogen) atoms. The highest BCUT2D eigenvalue weighted by molar-refractivity contribution is 5.85. The van der Waals surface area contributed by atoms with E-state index in [0.29, 0.717) is 23.1 Å². The number of alkyl halides is 3. The Hall–Kier alpha value is -2.11. The lowest BCUT2D eigenvalue weighted by atomic mass is 10.1. The Bertz CT molecular complexity index is 612. The predicted octanol–water partition coefficient (Wildman–Crippen LogP) is 3.96. The average Bonchev–Trinajstić information content (AvgIpc) is 2.82. The molecule has 2 rings (SSSR count). The molecule has 0 aliphatic heterocycles. The minimum atomic E-state index is -4.37. The van der Waals surface area contributed by atoms with Crippen molar-refractivity contribution in [2.75, 3.05) is 0 Å². The van der Waals surface area contributed by atoms with Crippen molar-refractivity contribution in [3.8, 4) is 11.3 Å². The molecule has 0 unspecified atom stereocenters. The number of carbonyl (C=O) groups excluding carboxylic acids is 1. The molecule has 1 aromatic heterocycles. The molecule has 1 aromatic carbocycles. The van der Waals surface area contributed by atoms with Crippen LogP contribution in [0.15, 0.2) is 30.5 Å². The van der Waals surface area contributed by atoms with E-state index < -0.39 is 11.7 Å². The molecule has 2 aromatic rings. The minimum Gasteiger partial charge on any atom is -0.298 e. The summed E-state index contributed by atoms with van der Waals surface area (Å²) >= 11 is 0. The average molecular weight is 282 g/mol. The number of hydrogen-bond donors (Lipinski definition) is 0. The van der Waals surface area contributed by atoms with E-state index in [1.807, 2.05) is 13.8 Å². The van der Waals surface area contributed by atoms with Crippen molar-refractivity contribution >= 4 is 6.29 Å². The molecule has 6 heteroatoms. The van der Waals surface area contributed by atoms with Gasteiger partial charge in [0.2, 0.25) is 0 Å². The Morgan fingerprint density at radius 2 is 1.80 bits per heavy atom. The lowest BCUT2D eigenvalue weighted by Crippen LogP contribution is -2.04. The van der Waals surface area contributed by atoms with Gasteiger partial charge in [0.15, 0.2) is 6.29 Å². The Morgan fingerprint density at radius 1 is 1.20 bits per heavy atom. The first kappa shape index (κ1) is 14.3. The number of hydrogen-bond acceptors (Lipinski definition) is 2. The van der Waals surface area contributed by atoms with Gasteiger partial charge in [-0.15, -0.1) is 0 Å². The SMILES string of the molecule is CC(C)n1cc(C=O)c(-c2ccc(C(F)(F)F)cc2)n1. The summed E-state index contributed by atoms with van der Waals surface area (Å²) in [6, 6.07) is 4.68. The molecule has 0 aliphatic rings. The third kappa shape index (κ3) is 2.74. The van der Waals surface area contributed by atoms with Gasteiger partial charge in [0, 0.05) is 17.8 Å². The normalized spacial score (nSPS) is 11.9. The van der Waals surface area contributed by atoms with E-state index in [1.54, 1.807) is 10.9 Å². The fourth-order valence-electron chi connectivity index (χ4n) is 1.80. The highest BCUT2D eigenvalue weighted by Gasteiger charge is 2.30. The minimum absolute atomic E-state index is 0.0666. The number of carbonyl (C=O) groups is 1. The molecule has 0 N–H and O–H groups in total. The van der Waals surface area contributed by atoms with Crippen molar-refractivity contribution in [2.24, 2.45) is 0 Å². The summed E-state index contributed by atoms with van der Waals surface area (Å²) in [4.78, 5) is 11.0. The Morgan fingerprint density at radius 3 is 2.25 bits per heavy atom. The van der Waals surface area contributed by atoms with Gasteiger partial charge in [0.1, 0.15) is 5.69 Å². The van der Waals surface area contributed by atoms with E-state index in [-0.39, 0.29) is 6.04 Å². The van der Waals surface area contributed by atoms with Gasteiger partial charge in [-0.1, -0.05) is 12.1 Å². The Balaban J connectivity index is 2.43. The van der Waals surface area contributed by atoms with E-state index in [1.165, 1.54) is 12.1 Å². The van der Waals surface area contributed by atoms with Gasteiger partial charge in [-0.05, 0) is 26.0 Å². The largest absolute Gasteiger partial charge is 0.416 e. The van der Waals surface area contributed by atoms with Crippen molar-refractivity contribution in [3.05, 3.63) is 41.6 Å². The molecule has 0 spiro atoms. The van der Waals surface area contributed by atoms with Crippen LogP contribution in [0, 0.1) is 0 Å². The summed E-state index contributed by atoms with van der Waals surface area (Å²) in [6.07, 6.45) is -2.13. The van der Waals surface area contributed by atoms with Crippen molar-refractivity contribution in [1.29, 1.82) is 0 Å². The fourth-order valence-corrected chi connectivity index (χ4v) is 1.80. The predicted molar refractivity (Wildman–Crippen MR) is 68.4 cm³/mol. The van der Waals surface area contributed by atoms with E-state index >= 15 is 0 Å². The van der Waals surface area contributed by atoms with Gasteiger partial charge in [-0.3, -0.25) is 9.48 Å². The van der Waals surface area contributed by atoms with E-state index in [2.05, 4.69) is 5.10 Å². The summed E-state index contributed by atoms with van der Waals surface area (Å²) in [7, 11) is 0. The lowest BCUT2D eigenvalue weighted by molar-refractivity contribution is -0.137. The molecule has 0 radical (unpaired) electrons. The molecule has 0 saturated carbocycles. The number of nitrogens with zero attached hydrogens (tertiary/aromatic N) is 2. The Kier molecular flexibility index (Phi) is 3.65. The second-order valence-corrected chi connectivity index (χ2v) is 4.70. The van der Waals surface area contributed by atoms with Crippen LogP contribution >= 0.6 is 0 Å². The molecule has 106 valence electrons. The van der Waals surface area contributed by atoms with Crippen LogP contribution in [-0.4, -0.2) is 16.1 Å². The quantitative estimate of drug-likeness (QED) is 0.799. The van der Waals surface area contributed by atoms with Gasteiger partial charge in [0.25, 0.3) is 0 Å². The highest BCUT2D eigenvalue weighted by atomic mass is 19.4. The summed E-state index contributed by atoms with van der Waals surface area (Å²) < 4.78 is 39.1. The zero-order valence-electron chi connectivity index (χ0n) is 11.0. The molecule has 1 heterocycles. The van der Waals surface area contributed by atoms with Gasteiger partial charge in [-0.2, -0.15) is 18.3 Å². The molecule has 0 amide bonds. The number of rotatable bonds is 3. The molecule has 3 nitrogen and oxygen atoms in total. The van der Waals surface area contributed by atoms with Crippen LogP contribution in [0.3, 0.4) is 0 Å². The van der Waals surface area contributed by atoms with Crippen molar-refractivity contribution in [1.82, 2.24) is 9.78 Å². The topological polar surface area (TPSA) is 34.9 Å². The summed E-state index contributed by atoms with van der Waals surface area (Å²) in [5, 5.41) is 4.25. The first-order chi connectivity index (χ1) is 9.32. The third-order valence-electron chi connectivity index (χ3n) is 2.90. The number of halogens is 3. The van der Waals surface area contributed by atoms with Crippen LogP contribution < -0.4 is 0 Å². The number of aromatic nitrogens is 2. The zero-order valence-corrected chi connectivity index (χ0v) is 11.0. The van der Waals surface area contributed by atoms with E-state index in [4.69, 9.17) is 0 Å². The Labute approximate surface area is 114 Å². The van der Waals surface area contributed by atoms with Crippen LogP contribution in [0.4, 0.5) is 13.2 Å². The first-order valence-electron chi connectivity index (χ1n) is 6.05. The van der Waals surface area contributed by atoms with Gasteiger partial charge >= 0.3 is 6.18 Å². The van der Waals surface area contributed by atoms with Crippen molar-refractivity contribution in [3.63, 3.8) is 0 Å². The summed E-state index contributed by atoms with van der Waals surface area (Å²) in [6.45, 7) is 3.80. The zero-order chi connectivity index (χ0) is 14.9. The first-order valence-corrected chi connectivity index (χ1v) is 6.05. The van der Waals surface area contributed by atoms with Crippen LogP contribution in [0.25, 0.3) is 11.3 Å². The molecule has 0 saturated heterocycles. The maximum Gasteiger partial charge on any atom is 0.416 e. The molecular formula is C14H13F3N2O. The maximum atomic E-state index is 12.5. The van der Waals surface area contributed by atoms with Crippen molar-refractivity contribution in [2.45, 2.75) is 26.1 Å². The summed E-state index contributed by atoms with van der Waals surface area (Å²) in [5.74, 6) is 0. The van der Waals surface area contributed by atoms with Gasteiger partial charge < -0.3 is 0 Å². The molecular weight excluding hydrogens is 269 g/mol. The second-order valence-electron chi connectivity index (χ2n) is 4.70. The number of aldehydes is 1. The number of benzene rings is 1. The highest BCUT2D eigenvalue weighted by Crippen LogP contribution is 2.31. The van der Waals surface area contributed by atoms with Gasteiger partial charge in [-0.25, -0.2) is 0 Å². The van der Waals surface area contributed by atoms with Crippen molar-refractivity contribution < 1.29 is 18.0 Å². The summed E-state index contributed by atoms with van der Waals surface area (Å²) in [5.41, 5.74) is 0.512. The maximum absolute atomic E-state index is 12.5. The second kappa shape index (κ2) is 5.11. The van der Waals surface area contributed by atoms with Gasteiger partial charge in [0.05, 0.1) is 11.1 Å². The van der Waals surface area contributed by atoms with Crippen LogP contribution in [-0.2, 0) is 6.18 Å². The molecule has 0 atom stereocenters. The molecule has 0 aliphatic carbocycles. The molecule has 0 bridgehead atoms. The smallest absolute Gasteiger partial charge is 0.298 e. The standard InChI is InChI=1S/C14H13F3N2O/c1-9(2)19-7-11(8-20)13(18-19)10-3-5-12(6-4-10)14(15,16)17/h3-9H,1-2H3. The van der Waals surface area contributed by atoms with Crippen LogP contribution in [0.1, 0.15) is 35.8 Å². The van der Waals surface area contributed by atoms with Crippen LogP contribution in [0.5, 0.6) is 0 Å². The molecule has 0 fully saturated rings. The van der Waals surface area contributed by atoms with E-state index in [0.717, 1.165) is 12.1 Å². The fraction of sp³-hybridized carbons (Fsp3) is 0.286. The monoisotopic (exact) mass is 282 g/mol. The lowest BCUT2D eigenvalue weighted by Gasteiger charge is -2.07. The third-order valence-corrected chi connectivity index (χ3v) is 2.90.